The van der Waals surface area contributed by atoms with Gasteiger partial charge in [0.1, 0.15) is 0 Å². The van der Waals surface area contributed by atoms with E-state index in [-0.39, 0.29) is 23.3 Å². The van der Waals surface area contributed by atoms with E-state index in [1.54, 1.807) is 6.92 Å². The van der Waals surface area contributed by atoms with E-state index in [1.807, 2.05) is 24.8 Å². The molecule has 20 heavy (non-hydrogen) atoms. The van der Waals surface area contributed by atoms with E-state index in [2.05, 4.69) is 18.0 Å². The van der Waals surface area contributed by atoms with Crippen LogP contribution in [0.25, 0.3) is 10.9 Å². The van der Waals surface area contributed by atoms with Crippen molar-refractivity contribution in [3.8, 4) is 0 Å². The van der Waals surface area contributed by atoms with E-state index < -0.39 is 0 Å². The quantitative estimate of drug-likeness (QED) is 0.612. The molecule has 1 atom stereocenters. The first-order valence-corrected chi connectivity index (χ1v) is 7.12. The highest BCUT2D eigenvalue weighted by molar-refractivity contribution is 6.40. The molecule has 2 aromatic rings. The van der Waals surface area contributed by atoms with Gasteiger partial charge >= 0.3 is 0 Å². The number of hydrogen-bond acceptors (Lipinski definition) is 2. The number of nitrogens with one attached hydrogen (secondary N) is 2. The lowest BCUT2D eigenvalue weighted by molar-refractivity contribution is -0.112. The van der Waals surface area contributed by atoms with E-state index in [4.69, 9.17) is 17.0 Å². The Labute approximate surface area is 123 Å². The van der Waals surface area contributed by atoms with Gasteiger partial charge in [0, 0.05) is 41.7 Å². The molecule has 0 aliphatic heterocycles. The van der Waals surface area contributed by atoms with Crippen LogP contribution in [0.5, 0.6) is 0 Å². The van der Waals surface area contributed by atoms with Gasteiger partial charge in [-0.1, -0.05) is 13.0 Å². The average Bonchev–Trinajstić information content (AvgIpc) is 2.79. The van der Waals surface area contributed by atoms with E-state index in [0.29, 0.717) is 6.42 Å². The number of aromatic amines is 1. The summed E-state index contributed by atoms with van der Waals surface area (Å²) in [5.41, 5.74) is 3.40. The molecule has 0 saturated carbocycles. The molecule has 105 valence electrons. The maximum absolute atomic E-state index is 11.4. The Balaban J connectivity index is 2.05. The second kappa shape index (κ2) is 6.23. The molecule has 1 radical (unpaired) electrons. The SMILES string of the molecule is CCC(=O)C(=N)CC(Cl)[CH]c1ccc2[nH]cc(C)c2c1. The fourth-order valence-electron chi connectivity index (χ4n) is 2.17. The number of alkyl halides is 1. The third-order valence-corrected chi connectivity index (χ3v) is 3.62. The van der Waals surface area contributed by atoms with Gasteiger partial charge in [-0.2, -0.15) is 0 Å². The Hall–Kier alpha value is -1.61. The molecule has 1 aromatic carbocycles. The molecule has 0 bridgehead atoms. The van der Waals surface area contributed by atoms with Gasteiger partial charge < -0.3 is 10.4 Å². The second-order valence-electron chi connectivity index (χ2n) is 4.92. The fraction of sp³-hybridized carbons (Fsp3) is 0.312. The number of benzene rings is 1. The number of fused-ring (bicyclic) bond motifs is 1. The Kier molecular flexibility index (Phi) is 4.61. The molecule has 0 amide bonds. The molecule has 4 heteroatoms. The van der Waals surface area contributed by atoms with E-state index in [9.17, 15) is 4.79 Å². The smallest absolute Gasteiger partial charge is 0.176 e. The summed E-state index contributed by atoms with van der Waals surface area (Å²) in [6, 6.07) is 6.07. The van der Waals surface area contributed by atoms with Gasteiger partial charge in [-0.15, -0.1) is 11.6 Å². The van der Waals surface area contributed by atoms with Crippen LogP contribution in [0.3, 0.4) is 0 Å². The highest BCUT2D eigenvalue weighted by Crippen LogP contribution is 2.22. The normalized spacial score (nSPS) is 12.6. The summed E-state index contributed by atoms with van der Waals surface area (Å²) < 4.78 is 0. The molecule has 0 aliphatic carbocycles. The minimum atomic E-state index is -0.338. The van der Waals surface area contributed by atoms with Crippen molar-refractivity contribution >= 4 is 34.0 Å². The second-order valence-corrected chi connectivity index (χ2v) is 5.48. The highest BCUT2D eigenvalue weighted by Gasteiger charge is 2.14. The maximum atomic E-state index is 11.4. The summed E-state index contributed by atoms with van der Waals surface area (Å²) in [4.78, 5) is 14.6. The number of Topliss-reactive ketones (excluding diaryl/α,β-unsaturated/α-hetero) is 1. The summed E-state index contributed by atoms with van der Waals surface area (Å²) in [6.45, 7) is 3.81. The van der Waals surface area contributed by atoms with Crippen molar-refractivity contribution in [2.24, 2.45) is 0 Å². The van der Waals surface area contributed by atoms with Gasteiger partial charge in [-0.05, 0) is 30.2 Å². The lowest BCUT2D eigenvalue weighted by Crippen LogP contribution is -2.17. The lowest BCUT2D eigenvalue weighted by Gasteiger charge is -2.09. The van der Waals surface area contributed by atoms with Crippen molar-refractivity contribution in [2.45, 2.75) is 32.1 Å². The van der Waals surface area contributed by atoms with E-state index >= 15 is 0 Å². The molecule has 0 fully saturated rings. The van der Waals surface area contributed by atoms with Crippen LogP contribution in [-0.2, 0) is 4.79 Å². The Morgan fingerprint density at radius 2 is 2.25 bits per heavy atom. The van der Waals surface area contributed by atoms with Crippen molar-refractivity contribution in [1.29, 1.82) is 5.41 Å². The zero-order chi connectivity index (χ0) is 14.7. The van der Waals surface area contributed by atoms with Crippen LogP contribution in [0.15, 0.2) is 24.4 Å². The van der Waals surface area contributed by atoms with Crippen LogP contribution in [0.2, 0.25) is 0 Å². The number of H-pyrrole nitrogens is 1. The van der Waals surface area contributed by atoms with Gasteiger partial charge in [0.15, 0.2) is 5.78 Å². The van der Waals surface area contributed by atoms with Crippen LogP contribution >= 0.6 is 11.6 Å². The van der Waals surface area contributed by atoms with Crippen molar-refractivity contribution in [1.82, 2.24) is 4.98 Å². The summed E-state index contributed by atoms with van der Waals surface area (Å²) in [5, 5.41) is 8.50. The third-order valence-electron chi connectivity index (χ3n) is 3.34. The fourth-order valence-corrected chi connectivity index (χ4v) is 2.47. The number of carbonyl (C=O) groups excluding carboxylic acids is 1. The van der Waals surface area contributed by atoms with Gasteiger partial charge in [0.05, 0.1) is 5.71 Å². The third kappa shape index (κ3) is 3.28. The highest BCUT2D eigenvalue weighted by atomic mass is 35.5. The van der Waals surface area contributed by atoms with Gasteiger partial charge in [-0.3, -0.25) is 4.79 Å². The molecule has 1 unspecified atom stereocenters. The molecule has 0 spiro atoms. The molecule has 1 aromatic heterocycles. The summed E-state index contributed by atoms with van der Waals surface area (Å²) in [7, 11) is 0. The summed E-state index contributed by atoms with van der Waals surface area (Å²) in [5.74, 6) is -0.138. The summed E-state index contributed by atoms with van der Waals surface area (Å²) in [6.07, 6.45) is 4.50. The lowest BCUT2D eigenvalue weighted by atomic mass is 10.0. The minimum absolute atomic E-state index is 0.0997. The molecular formula is C16H18ClN2O. The summed E-state index contributed by atoms with van der Waals surface area (Å²) >= 11 is 6.22. The monoisotopic (exact) mass is 289 g/mol. The number of rotatable bonds is 6. The first-order valence-electron chi connectivity index (χ1n) is 6.68. The largest absolute Gasteiger partial charge is 0.361 e. The predicted molar refractivity (Wildman–Crippen MR) is 83.7 cm³/mol. The average molecular weight is 290 g/mol. The molecule has 2 rings (SSSR count). The first kappa shape index (κ1) is 14.8. The van der Waals surface area contributed by atoms with Crippen molar-refractivity contribution in [3.05, 3.63) is 41.9 Å². The number of halogens is 1. The Morgan fingerprint density at radius 3 is 2.95 bits per heavy atom. The topological polar surface area (TPSA) is 56.7 Å². The minimum Gasteiger partial charge on any atom is -0.361 e. The standard InChI is InChI=1S/C16H18ClN2O/c1-3-16(20)14(18)8-12(17)6-11-4-5-15-13(7-11)10(2)9-19-15/h4-7,9,12,18-19H,3,8H2,1-2H3. The van der Waals surface area contributed by atoms with Crippen LogP contribution in [0.4, 0.5) is 0 Å². The number of aromatic nitrogens is 1. The molecule has 1 heterocycles. The van der Waals surface area contributed by atoms with E-state index in [0.717, 1.165) is 11.1 Å². The van der Waals surface area contributed by atoms with Gasteiger partial charge in [0.25, 0.3) is 0 Å². The maximum Gasteiger partial charge on any atom is 0.176 e. The van der Waals surface area contributed by atoms with Gasteiger partial charge in [0.2, 0.25) is 0 Å². The number of carbonyl (C=O) groups is 1. The predicted octanol–water partition coefficient (Wildman–Crippen LogP) is 4.03. The number of hydrogen-bond donors (Lipinski definition) is 2. The van der Waals surface area contributed by atoms with Crippen LogP contribution in [0.1, 0.15) is 30.9 Å². The van der Waals surface area contributed by atoms with Gasteiger partial charge in [-0.25, -0.2) is 0 Å². The van der Waals surface area contributed by atoms with E-state index in [1.165, 1.54) is 10.9 Å². The van der Waals surface area contributed by atoms with Crippen molar-refractivity contribution in [2.75, 3.05) is 0 Å². The molecule has 2 N–H and O–H groups in total. The number of ketones is 1. The van der Waals surface area contributed by atoms with Crippen LogP contribution in [-0.4, -0.2) is 21.9 Å². The molecule has 0 saturated heterocycles. The van der Waals surface area contributed by atoms with Crippen LogP contribution in [0, 0.1) is 18.8 Å². The molecule has 3 nitrogen and oxygen atoms in total. The first-order chi connectivity index (χ1) is 9.51. The van der Waals surface area contributed by atoms with Crippen molar-refractivity contribution < 1.29 is 4.79 Å². The molecular weight excluding hydrogens is 272 g/mol. The zero-order valence-corrected chi connectivity index (χ0v) is 12.4. The van der Waals surface area contributed by atoms with Crippen molar-refractivity contribution in [3.63, 3.8) is 0 Å². The zero-order valence-electron chi connectivity index (χ0n) is 11.7. The van der Waals surface area contributed by atoms with Crippen LogP contribution < -0.4 is 0 Å². The Bertz CT molecular complexity index is 645. The molecule has 0 aliphatic rings. The number of aryl methyl sites for hydroxylation is 1. The Morgan fingerprint density at radius 1 is 1.50 bits per heavy atom.